The van der Waals surface area contributed by atoms with Crippen LogP contribution < -0.4 is 20.7 Å². The zero-order valence-electron chi connectivity index (χ0n) is 17.4. The maximum atomic E-state index is 12.3. The van der Waals surface area contributed by atoms with Gasteiger partial charge in [0.25, 0.3) is 0 Å². The van der Waals surface area contributed by atoms with Crippen molar-refractivity contribution >= 4 is 28.2 Å². The summed E-state index contributed by atoms with van der Waals surface area (Å²) in [6.45, 7) is 7.79. The Morgan fingerprint density at radius 1 is 1.03 bits per heavy atom. The highest BCUT2D eigenvalue weighted by molar-refractivity contribution is 5.96. The molecule has 4 rings (SSSR count). The van der Waals surface area contributed by atoms with E-state index in [2.05, 4.69) is 56.4 Å². The van der Waals surface area contributed by atoms with Crippen LogP contribution in [0.2, 0.25) is 0 Å². The lowest BCUT2D eigenvalue weighted by Crippen LogP contribution is -2.28. The molecule has 0 radical (unpaired) electrons. The van der Waals surface area contributed by atoms with E-state index in [9.17, 15) is 4.79 Å². The first-order valence-electron chi connectivity index (χ1n) is 9.85. The van der Waals surface area contributed by atoms with Crippen LogP contribution in [-0.4, -0.2) is 26.2 Å². The van der Waals surface area contributed by atoms with Crippen LogP contribution in [0.5, 0.6) is 5.75 Å². The molecule has 2 amide bonds. The number of methoxy groups -OCH3 is 1. The van der Waals surface area contributed by atoms with E-state index in [1.807, 2.05) is 18.2 Å². The Morgan fingerprint density at radius 2 is 1.76 bits per heavy atom. The molecule has 1 fully saturated rings. The SMILES string of the molecule is COc1c(-c2ccc3cc(N)ccc3c2)cc(N2CCNC2=O)cc1C(C)(C)C. The van der Waals surface area contributed by atoms with E-state index in [0.29, 0.717) is 13.1 Å². The molecule has 0 unspecified atom stereocenters. The minimum absolute atomic E-state index is 0.0602. The average molecular weight is 389 g/mol. The van der Waals surface area contributed by atoms with Crippen molar-refractivity contribution in [2.75, 3.05) is 30.8 Å². The molecule has 0 bridgehead atoms. The van der Waals surface area contributed by atoms with Gasteiger partial charge in [-0.25, -0.2) is 4.79 Å². The molecule has 1 heterocycles. The summed E-state index contributed by atoms with van der Waals surface area (Å²) in [5.74, 6) is 0.843. The number of amides is 2. The van der Waals surface area contributed by atoms with Gasteiger partial charge >= 0.3 is 6.03 Å². The van der Waals surface area contributed by atoms with Crippen LogP contribution in [0.15, 0.2) is 48.5 Å². The summed E-state index contributed by atoms with van der Waals surface area (Å²) in [4.78, 5) is 14.1. The summed E-state index contributed by atoms with van der Waals surface area (Å²) in [6.07, 6.45) is 0. The minimum Gasteiger partial charge on any atom is -0.496 e. The predicted octanol–water partition coefficient (Wildman–Crippen LogP) is 4.92. The number of ether oxygens (including phenoxy) is 1. The number of urea groups is 1. The maximum Gasteiger partial charge on any atom is 0.321 e. The number of hydrogen-bond acceptors (Lipinski definition) is 3. The molecule has 0 spiro atoms. The molecule has 150 valence electrons. The van der Waals surface area contributed by atoms with E-state index in [-0.39, 0.29) is 11.4 Å². The standard InChI is InChI=1S/C24H27N3O2/c1-24(2,3)21-14-19(27-10-9-26-23(27)28)13-20(22(21)29-4)17-6-5-16-12-18(25)8-7-15(16)11-17/h5-8,11-14H,9-10,25H2,1-4H3,(H,26,28). The average Bonchev–Trinajstić information content (AvgIpc) is 3.11. The third-order valence-corrected chi connectivity index (χ3v) is 5.43. The van der Waals surface area contributed by atoms with Crippen LogP contribution in [0.3, 0.4) is 0 Å². The second kappa shape index (κ2) is 6.99. The van der Waals surface area contributed by atoms with Crippen molar-refractivity contribution in [2.45, 2.75) is 26.2 Å². The number of nitrogens with two attached hydrogens (primary N) is 1. The Kier molecular flexibility index (Phi) is 4.61. The quantitative estimate of drug-likeness (QED) is 0.625. The number of rotatable bonds is 3. The fourth-order valence-electron chi connectivity index (χ4n) is 3.91. The van der Waals surface area contributed by atoms with Crippen molar-refractivity contribution in [2.24, 2.45) is 0 Å². The molecular formula is C24H27N3O2. The van der Waals surface area contributed by atoms with Gasteiger partial charge in [-0.1, -0.05) is 39.0 Å². The summed E-state index contributed by atoms with van der Waals surface area (Å²) >= 11 is 0. The minimum atomic E-state index is -0.141. The molecule has 1 saturated heterocycles. The molecule has 29 heavy (non-hydrogen) atoms. The number of benzene rings is 3. The molecular weight excluding hydrogens is 362 g/mol. The van der Waals surface area contributed by atoms with Crippen LogP contribution in [0.1, 0.15) is 26.3 Å². The van der Waals surface area contributed by atoms with Crippen LogP contribution in [0.25, 0.3) is 21.9 Å². The van der Waals surface area contributed by atoms with Crippen molar-refractivity contribution in [3.63, 3.8) is 0 Å². The Balaban J connectivity index is 1.95. The predicted molar refractivity (Wildman–Crippen MR) is 120 cm³/mol. The second-order valence-corrected chi connectivity index (χ2v) is 8.53. The lowest BCUT2D eigenvalue weighted by molar-refractivity contribution is 0.252. The third-order valence-electron chi connectivity index (χ3n) is 5.43. The van der Waals surface area contributed by atoms with Gasteiger partial charge in [0.1, 0.15) is 5.75 Å². The van der Waals surface area contributed by atoms with E-state index < -0.39 is 0 Å². The molecule has 3 aromatic rings. The summed E-state index contributed by atoms with van der Waals surface area (Å²) in [7, 11) is 1.71. The zero-order chi connectivity index (χ0) is 20.8. The molecule has 1 aliphatic rings. The first-order chi connectivity index (χ1) is 13.8. The highest BCUT2D eigenvalue weighted by Crippen LogP contribution is 2.43. The maximum absolute atomic E-state index is 12.3. The molecule has 0 aromatic heterocycles. The number of anilines is 2. The van der Waals surface area contributed by atoms with Crippen molar-refractivity contribution in [3.8, 4) is 16.9 Å². The smallest absolute Gasteiger partial charge is 0.321 e. The molecule has 0 atom stereocenters. The summed E-state index contributed by atoms with van der Waals surface area (Å²) < 4.78 is 5.89. The van der Waals surface area contributed by atoms with Crippen molar-refractivity contribution in [1.82, 2.24) is 5.32 Å². The van der Waals surface area contributed by atoms with E-state index >= 15 is 0 Å². The van der Waals surface area contributed by atoms with Crippen LogP contribution >= 0.6 is 0 Å². The fourth-order valence-corrected chi connectivity index (χ4v) is 3.91. The number of fused-ring (bicyclic) bond motifs is 1. The summed E-state index contributed by atoms with van der Waals surface area (Å²) in [5, 5.41) is 5.10. The van der Waals surface area contributed by atoms with E-state index in [1.165, 1.54) is 0 Å². The van der Waals surface area contributed by atoms with Crippen LogP contribution in [0.4, 0.5) is 16.2 Å². The van der Waals surface area contributed by atoms with Gasteiger partial charge in [0.15, 0.2) is 0 Å². The normalized spacial score (nSPS) is 14.3. The molecule has 5 heteroatoms. The van der Waals surface area contributed by atoms with Crippen molar-refractivity contribution in [3.05, 3.63) is 54.1 Å². The summed E-state index contributed by atoms with van der Waals surface area (Å²) in [5.41, 5.74) is 10.5. The lowest BCUT2D eigenvalue weighted by Gasteiger charge is -2.27. The first-order valence-corrected chi connectivity index (χ1v) is 9.85. The Bertz CT molecular complexity index is 1100. The molecule has 3 aromatic carbocycles. The van der Waals surface area contributed by atoms with Crippen molar-refractivity contribution in [1.29, 1.82) is 0 Å². The van der Waals surface area contributed by atoms with Gasteiger partial charge in [0.05, 0.1) is 7.11 Å². The molecule has 1 aliphatic heterocycles. The van der Waals surface area contributed by atoms with E-state index in [1.54, 1.807) is 12.0 Å². The number of nitrogen functional groups attached to an aromatic ring is 1. The third kappa shape index (κ3) is 3.48. The highest BCUT2D eigenvalue weighted by Gasteiger charge is 2.28. The van der Waals surface area contributed by atoms with Crippen LogP contribution in [0, 0.1) is 0 Å². The molecule has 0 saturated carbocycles. The largest absolute Gasteiger partial charge is 0.496 e. The Hall–Kier alpha value is -3.21. The molecule has 5 nitrogen and oxygen atoms in total. The number of nitrogens with one attached hydrogen (secondary N) is 1. The van der Waals surface area contributed by atoms with Gasteiger partial charge in [0.2, 0.25) is 0 Å². The fraction of sp³-hybridized carbons (Fsp3) is 0.292. The number of carbonyl (C=O) groups is 1. The Labute approximate surface area is 171 Å². The summed E-state index contributed by atoms with van der Waals surface area (Å²) in [6, 6.07) is 16.3. The molecule has 3 N–H and O–H groups in total. The topological polar surface area (TPSA) is 67.6 Å². The van der Waals surface area contributed by atoms with Gasteiger partial charge < -0.3 is 15.8 Å². The number of hydrogen-bond donors (Lipinski definition) is 2. The van der Waals surface area contributed by atoms with Gasteiger partial charge in [0, 0.05) is 35.6 Å². The molecule has 0 aliphatic carbocycles. The second-order valence-electron chi connectivity index (χ2n) is 8.53. The van der Waals surface area contributed by atoms with Crippen LogP contribution in [-0.2, 0) is 5.41 Å². The monoisotopic (exact) mass is 389 g/mol. The number of nitrogens with zero attached hydrogens (tertiary/aromatic N) is 1. The van der Waals surface area contributed by atoms with Gasteiger partial charge in [-0.15, -0.1) is 0 Å². The lowest BCUT2D eigenvalue weighted by atomic mass is 9.83. The van der Waals surface area contributed by atoms with E-state index in [4.69, 9.17) is 10.5 Å². The van der Waals surface area contributed by atoms with Crippen molar-refractivity contribution < 1.29 is 9.53 Å². The van der Waals surface area contributed by atoms with Gasteiger partial charge in [-0.05, 0) is 52.1 Å². The Morgan fingerprint density at radius 3 is 2.41 bits per heavy atom. The highest BCUT2D eigenvalue weighted by atomic mass is 16.5. The number of carbonyl (C=O) groups excluding carboxylic acids is 1. The van der Waals surface area contributed by atoms with Gasteiger partial charge in [-0.3, -0.25) is 4.90 Å². The van der Waals surface area contributed by atoms with E-state index in [0.717, 1.165) is 44.6 Å². The first kappa shape index (κ1) is 19.1. The zero-order valence-corrected chi connectivity index (χ0v) is 17.4. The van der Waals surface area contributed by atoms with Gasteiger partial charge in [-0.2, -0.15) is 0 Å².